The summed E-state index contributed by atoms with van der Waals surface area (Å²) in [5, 5.41) is 11.6. The number of carbonyl (C=O) groups is 2. The van der Waals surface area contributed by atoms with Gasteiger partial charge in [0.15, 0.2) is 5.78 Å². The van der Waals surface area contributed by atoms with Crippen LogP contribution in [-0.2, 0) is 9.53 Å². The molecule has 5 heteroatoms. The number of nitrogens with one attached hydrogen (secondary N) is 1. The molecule has 0 spiro atoms. The predicted octanol–water partition coefficient (Wildman–Crippen LogP) is 0.317. The molecule has 1 amide bonds. The minimum atomic E-state index is -0.927. The number of ketones is 1. The Hall–Kier alpha value is -1.10. The maximum Gasteiger partial charge on any atom is 0.407 e. The number of aliphatic hydroxyl groups excluding tert-OH is 1. The molecule has 0 saturated carbocycles. The zero-order chi connectivity index (χ0) is 11.3. The predicted molar refractivity (Wildman–Crippen MR) is 50.9 cm³/mol. The van der Waals surface area contributed by atoms with Crippen molar-refractivity contribution in [3.8, 4) is 0 Å². The molecule has 14 heavy (non-hydrogen) atoms. The number of carbonyl (C=O) groups excluding carboxylic acids is 2. The first-order valence-corrected chi connectivity index (χ1v) is 4.46. The van der Waals surface area contributed by atoms with Crippen molar-refractivity contribution >= 4 is 11.9 Å². The minimum Gasteiger partial charge on any atom is -0.453 e. The zero-order valence-corrected chi connectivity index (χ0v) is 8.90. The molecule has 0 fully saturated rings. The quantitative estimate of drug-likeness (QED) is 0.689. The molecule has 0 aromatic heterocycles. The normalized spacial score (nSPS) is 14.7. The number of ether oxygens (including phenoxy) is 1. The molecule has 82 valence electrons. The molecular weight excluding hydrogens is 186 g/mol. The number of alkyl carbamates (subject to hydrolysis) is 1. The topological polar surface area (TPSA) is 75.6 Å². The molecule has 0 rings (SSSR count). The summed E-state index contributed by atoms with van der Waals surface area (Å²) in [7, 11) is 1.20. The second-order valence-corrected chi connectivity index (χ2v) is 3.41. The van der Waals surface area contributed by atoms with Gasteiger partial charge >= 0.3 is 6.09 Å². The van der Waals surface area contributed by atoms with Crippen molar-refractivity contribution in [3.05, 3.63) is 0 Å². The fourth-order valence-corrected chi connectivity index (χ4v) is 0.974. The van der Waals surface area contributed by atoms with E-state index in [4.69, 9.17) is 0 Å². The van der Waals surface area contributed by atoms with Gasteiger partial charge in [-0.25, -0.2) is 4.79 Å². The van der Waals surface area contributed by atoms with Crippen molar-refractivity contribution in [3.63, 3.8) is 0 Å². The first-order valence-electron chi connectivity index (χ1n) is 4.46. The van der Waals surface area contributed by atoms with Gasteiger partial charge < -0.3 is 15.2 Å². The molecule has 0 radical (unpaired) electrons. The molecule has 2 atom stereocenters. The maximum atomic E-state index is 11.5. The van der Waals surface area contributed by atoms with E-state index < -0.39 is 18.2 Å². The Morgan fingerprint density at radius 3 is 2.07 bits per heavy atom. The van der Waals surface area contributed by atoms with Crippen LogP contribution < -0.4 is 5.32 Å². The molecule has 0 aromatic carbocycles. The third-order valence-electron chi connectivity index (χ3n) is 1.82. The molecule has 0 heterocycles. The van der Waals surface area contributed by atoms with Gasteiger partial charge in [-0.1, -0.05) is 13.8 Å². The van der Waals surface area contributed by atoms with E-state index in [1.54, 1.807) is 13.8 Å². The molecule has 0 saturated heterocycles. The van der Waals surface area contributed by atoms with Crippen LogP contribution in [0.4, 0.5) is 4.79 Å². The highest BCUT2D eigenvalue weighted by atomic mass is 16.5. The average Bonchev–Trinajstić information content (AvgIpc) is 2.11. The fraction of sp³-hybridized carbons (Fsp3) is 0.778. The van der Waals surface area contributed by atoms with E-state index in [2.05, 4.69) is 10.1 Å². The van der Waals surface area contributed by atoms with E-state index in [9.17, 15) is 14.7 Å². The van der Waals surface area contributed by atoms with Crippen LogP contribution in [0.15, 0.2) is 0 Å². The van der Waals surface area contributed by atoms with E-state index in [0.717, 1.165) is 0 Å². The molecule has 1 unspecified atom stereocenters. The van der Waals surface area contributed by atoms with Crippen molar-refractivity contribution in [1.29, 1.82) is 0 Å². The van der Waals surface area contributed by atoms with Gasteiger partial charge in [0.2, 0.25) is 0 Å². The summed E-state index contributed by atoms with van der Waals surface area (Å²) in [6.07, 6.45) is -1.64. The number of hydrogen-bond acceptors (Lipinski definition) is 4. The monoisotopic (exact) mass is 203 g/mol. The van der Waals surface area contributed by atoms with Crippen LogP contribution in [0, 0.1) is 5.92 Å². The van der Waals surface area contributed by atoms with E-state index in [0.29, 0.717) is 0 Å². The Labute approximate surface area is 83.4 Å². The second-order valence-electron chi connectivity index (χ2n) is 3.41. The van der Waals surface area contributed by atoms with Crippen molar-refractivity contribution in [1.82, 2.24) is 5.32 Å². The van der Waals surface area contributed by atoms with Crippen molar-refractivity contribution < 1.29 is 19.4 Å². The van der Waals surface area contributed by atoms with Gasteiger partial charge in [0.05, 0.1) is 13.2 Å². The van der Waals surface area contributed by atoms with Gasteiger partial charge in [-0.05, 0) is 6.92 Å². The average molecular weight is 203 g/mol. The molecule has 0 aliphatic rings. The van der Waals surface area contributed by atoms with Gasteiger partial charge in [0, 0.05) is 5.92 Å². The molecule has 0 aliphatic carbocycles. The number of amides is 1. The van der Waals surface area contributed by atoms with Crippen LogP contribution in [-0.4, -0.2) is 36.2 Å². The number of methoxy groups -OCH3 is 1. The molecular formula is C9H17NO4. The van der Waals surface area contributed by atoms with Crippen LogP contribution in [0.5, 0.6) is 0 Å². The highest BCUT2D eigenvalue weighted by Crippen LogP contribution is 2.04. The van der Waals surface area contributed by atoms with Gasteiger partial charge in [0.25, 0.3) is 0 Å². The first kappa shape index (κ1) is 12.9. The lowest BCUT2D eigenvalue weighted by Crippen LogP contribution is -2.49. The van der Waals surface area contributed by atoms with Crippen molar-refractivity contribution in [2.24, 2.45) is 5.92 Å². The summed E-state index contributed by atoms with van der Waals surface area (Å²) in [6, 6.07) is -0.901. The largest absolute Gasteiger partial charge is 0.453 e. The summed E-state index contributed by atoms with van der Waals surface area (Å²) < 4.78 is 4.35. The van der Waals surface area contributed by atoms with Crippen LogP contribution in [0.25, 0.3) is 0 Å². The Kier molecular flexibility index (Phi) is 5.15. The van der Waals surface area contributed by atoms with Gasteiger partial charge in [0.1, 0.15) is 6.04 Å². The molecule has 0 aliphatic heterocycles. The molecule has 0 aromatic rings. The lowest BCUT2D eigenvalue weighted by Gasteiger charge is -2.21. The number of Topliss-reactive ketones (excluding diaryl/α,β-unsaturated/α-hetero) is 1. The van der Waals surface area contributed by atoms with Crippen LogP contribution in [0.2, 0.25) is 0 Å². The zero-order valence-electron chi connectivity index (χ0n) is 8.90. The molecule has 2 N–H and O–H groups in total. The van der Waals surface area contributed by atoms with Crippen molar-refractivity contribution in [2.45, 2.75) is 32.9 Å². The lowest BCUT2D eigenvalue weighted by molar-refractivity contribution is -0.126. The second kappa shape index (κ2) is 5.59. The molecule has 0 bridgehead atoms. The molecule has 5 nitrogen and oxygen atoms in total. The third-order valence-corrected chi connectivity index (χ3v) is 1.82. The van der Waals surface area contributed by atoms with Gasteiger partial charge in [-0.3, -0.25) is 4.79 Å². The first-order chi connectivity index (χ1) is 6.40. The lowest BCUT2D eigenvalue weighted by atomic mass is 9.98. The van der Waals surface area contributed by atoms with Gasteiger partial charge in [-0.15, -0.1) is 0 Å². The Morgan fingerprint density at radius 2 is 1.79 bits per heavy atom. The Balaban J connectivity index is 4.45. The van der Waals surface area contributed by atoms with E-state index in [1.165, 1.54) is 14.0 Å². The van der Waals surface area contributed by atoms with Crippen molar-refractivity contribution in [2.75, 3.05) is 7.11 Å². The third kappa shape index (κ3) is 3.74. The standard InChI is InChI=1S/C9H17NO4/c1-5(2)8(12)7(6(3)11)10-9(13)14-4/h5-7,11H,1-4H3,(H,10,13)/t6-,7?/m0/s1. The number of hydrogen-bond donors (Lipinski definition) is 2. The van der Waals surface area contributed by atoms with E-state index in [1.807, 2.05) is 0 Å². The summed E-state index contributed by atoms with van der Waals surface area (Å²) in [5.74, 6) is -0.461. The fourth-order valence-electron chi connectivity index (χ4n) is 0.974. The number of rotatable bonds is 4. The summed E-state index contributed by atoms with van der Waals surface area (Å²) in [5.41, 5.74) is 0. The minimum absolute atomic E-state index is 0.217. The Bertz CT molecular complexity index is 213. The highest BCUT2D eigenvalue weighted by Gasteiger charge is 2.27. The number of aliphatic hydroxyl groups is 1. The highest BCUT2D eigenvalue weighted by molar-refractivity contribution is 5.89. The van der Waals surface area contributed by atoms with E-state index in [-0.39, 0.29) is 11.7 Å². The summed E-state index contributed by atoms with van der Waals surface area (Å²) >= 11 is 0. The maximum absolute atomic E-state index is 11.5. The van der Waals surface area contributed by atoms with Crippen LogP contribution in [0.1, 0.15) is 20.8 Å². The smallest absolute Gasteiger partial charge is 0.407 e. The van der Waals surface area contributed by atoms with Crippen LogP contribution >= 0.6 is 0 Å². The Morgan fingerprint density at radius 1 is 1.29 bits per heavy atom. The SMILES string of the molecule is COC(=O)NC(C(=O)C(C)C)[C@H](C)O. The van der Waals surface area contributed by atoms with E-state index >= 15 is 0 Å². The van der Waals surface area contributed by atoms with Crippen LogP contribution in [0.3, 0.4) is 0 Å². The summed E-state index contributed by atoms with van der Waals surface area (Å²) in [6.45, 7) is 4.86. The van der Waals surface area contributed by atoms with Gasteiger partial charge in [-0.2, -0.15) is 0 Å². The summed E-state index contributed by atoms with van der Waals surface area (Å²) in [4.78, 5) is 22.4.